The van der Waals surface area contributed by atoms with Crippen molar-refractivity contribution in [2.45, 2.75) is 13.0 Å². The molecule has 3 nitrogen and oxygen atoms in total. The summed E-state index contributed by atoms with van der Waals surface area (Å²) in [5.41, 5.74) is 7.66. The Hall–Kier alpha value is -2.00. The monoisotopic (exact) mass is 274 g/mol. The van der Waals surface area contributed by atoms with Crippen molar-refractivity contribution in [2.24, 2.45) is 0 Å². The number of hydrogen-bond donors (Lipinski definition) is 2. The Bertz CT molecular complexity index is 598. The molecule has 0 aromatic heterocycles. The zero-order valence-corrected chi connectivity index (χ0v) is 11.3. The average molecular weight is 275 g/mol. The van der Waals surface area contributed by atoms with Gasteiger partial charge in [0.15, 0.2) is 0 Å². The maximum Gasteiger partial charge on any atom is 0.251 e. The van der Waals surface area contributed by atoms with Crippen LogP contribution in [0.1, 0.15) is 28.9 Å². The van der Waals surface area contributed by atoms with E-state index in [2.05, 4.69) is 5.32 Å². The van der Waals surface area contributed by atoms with Crippen LogP contribution in [0.25, 0.3) is 0 Å². The van der Waals surface area contributed by atoms with Crippen molar-refractivity contribution < 1.29 is 4.79 Å². The summed E-state index contributed by atoms with van der Waals surface area (Å²) in [6.45, 7) is 1.89. The Morgan fingerprint density at radius 2 is 1.95 bits per heavy atom. The molecule has 0 aliphatic heterocycles. The number of carbonyl (C=O) groups is 1. The van der Waals surface area contributed by atoms with Gasteiger partial charge in [-0.3, -0.25) is 4.79 Å². The number of anilines is 1. The second kappa shape index (κ2) is 5.76. The molecule has 4 heteroatoms. The van der Waals surface area contributed by atoms with Gasteiger partial charge in [0, 0.05) is 16.3 Å². The first kappa shape index (κ1) is 13.4. The molecule has 0 bridgehead atoms. The fourth-order valence-corrected chi connectivity index (χ4v) is 2.16. The van der Waals surface area contributed by atoms with E-state index in [-0.39, 0.29) is 11.9 Å². The van der Waals surface area contributed by atoms with E-state index in [9.17, 15) is 4.79 Å². The van der Waals surface area contributed by atoms with Crippen LogP contribution in [0, 0.1) is 0 Å². The highest BCUT2D eigenvalue weighted by Gasteiger charge is 2.13. The fraction of sp³-hybridized carbons (Fsp3) is 0.133. The van der Waals surface area contributed by atoms with Crippen molar-refractivity contribution in [1.82, 2.24) is 5.32 Å². The van der Waals surface area contributed by atoms with Crippen molar-refractivity contribution >= 4 is 23.2 Å². The number of halogens is 1. The zero-order valence-electron chi connectivity index (χ0n) is 10.6. The highest BCUT2D eigenvalue weighted by Crippen LogP contribution is 2.22. The van der Waals surface area contributed by atoms with Gasteiger partial charge < -0.3 is 11.1 Å². The van der Waals surface area contributed by atoms with Gasteiger partial charge in [0.25, 0.3) is 5.91 Å². The minimum absolute atomic E-state index is 0.164. The van der Waals surface area contributed by atoms with E-state index in [1.54, 1.807) is 30.3 Å². The van der Waals surface area contributed by atoms with Crippen molar-refractivity contribution in [1.29, 1.82) is 0 Å². The first-order chi connectivity index (χ1) is 9.08. The number of hydrogen-bond acceptors (Lipinski definition) is 2. The highest BCUT2D eigenvalue weighted by molar-refractivity contribution is 6.31. The van der Waals surface area contributed by atoms with Crippen molar-refractivity contribution in [3.63, 3.8) is 0 Å². The van der Waals surface area contributed by atoms with Gasteiger partial charge in [0.05, 0.1) is 6.04 Å². The third-order valence-corrected chi connectivity index (χ3v) is 3.21. The maximum atomic E-state index is 12.1. The standard InChI is InChI=1S/C15H15ClN2O/c1-10(13-7-2-3-8-14(13)16)18-15(19)11-5-4-6-12(17)9-11/h2-10H,17H2,1H3,(H,18,19). The number of rotatable bonds is 3. The number of nitrogens with one attached hydrogen (secondary N) is 1. The predicted octanol–water partition coefficient (Wildman–Crippen LogP) is 3.41. The molecule has 0 heterocycles. The van der Waals surface area contributed by atoms with Crippen LogP contribution in [-0.4, -0.2) is 5.91 Å². The van der Waals surface area contributed by atoms with Crippen molar-refractivity contribution in [3.05, 3.63) is 64.7 Å². The molecule has 2 aromatic rings. The second-order valence-corrected chi connectivity index (χ2v) is 4.75. The lowest BCUT2D eigenvalue weighted by atomic mass is 10.1. The minimum atomic E-state index is -0.167. The molecule has 19 heavy (non-hydrogen) atoms. The molecule has 1 unspecified atom stereocenters. The van der Waals surface area contributed by atoms with Gasteiger partial charge in [-0.1, -0.05) is 35.9 Å². The molecule has 0 radical (unpaired) electrons. The summed E-state index contributed by atoms with van der Waals surface area (Å²) in [6.07, 6.45) is 0. The van der Waals surface area contributed by atoms with Crippen LogP contribution in [0.15, 0.2) is 48.5 Å². The summed E-state index contributed by atoms with van der Waals surface area (Å²) in [5.74, 6) is -0.167. The van der Waals surface area contributed by atoms with Crippen LogP contribution in [-0.2, 0) is 0 Å². The Morgan fingerprint density at radius 1 is 1.21 bits per heavy atom. The Labute approximate surface area is 117 Å². The van der Waals surface area contributed by atoms with Gasteiger partial charge in [-0.05, 0) is 36.8 Å². The molecule has 0 aliphatic rings. The zero-order chi connectivity index (χ0) is 13.8. The van der Waals surface area contributed by atoms with Gasteiger partial charge >= 0.3 is 0 Å². The van der Waals surface area contributed by atoms with Crippen LogP contribution in [0.3, 0.4) is 0 Å². The SMILES string of the molecule is CC(NC(=O)c1cccc(N)c1)c1ccccc1Cl. The average Bonchev–Trinajstić information content (AvgIpc) is 2.39. The molecule has 1 atom stereocenters. The van der Waals surface area contributed by atoms with Gasteiger partial charge in [-0.2, -0.15) is 0 Å². The summed E-state index contributed by atoms with van der Waals surface area (Å²) < 4.78 is 0. The summed E-state index contributed by atoms with van der Waals surface area (Å²) >= 11 is 6.10. The quantitative estimate of drug-likeness (QED) is 0.843. The van der Waals surface area contributed by atoms with E-state index in [1.807, 2.05) is 25.1 Å². The highest BCUT2D eigenvalue weighted by atomic mass is 35.5. The van der Waals surface area contributed by atoms with Crippen LogP contribution in [0.2, 0.25) is 5.02 Å². The fourth-order valence-electron chi connectivity index (χ4n) is 1.86. The van der Waals surface area contributed by atoms with E-state index in [0.29, 0.717) is 16.3 Å². The lowest BCUT2D eigenvalue weighted by Crippen LogP contribution is -2.26. The first-order valence-corrected chi connectivity index (χ1v) is 6.36. The number of carbonyl (C=O) groups excluding carboxylic acids is 1. The van der Waals surface area contributed by atoms with Crippen molar-refractivity contribution in [2.75, 3.05) is 5.73 Å². The topological polar surface area (TPSA) is 55.1 Å². The van der Waals surface area contributed by atoms with E-state index < -0.39 is 0 Å². The van der Waals surface area contributed by atoms with Gasteiger partial charge in [0.1, 0.15) is 0 Å². The minimum Gasteiger partial charge on any atom is -0.399 e. The molecule has 2 rings (SSSR count). The molecule has 0 fully saturated rings. The molecule has 98 valence electrons. The summed E-state index contributed by atoms with van der Waals surface area (Å²) in [4.78, 5) is 12.1. The number of benzene rings is 2. The predicted molar refractivity (Wildman–Crippen MR) is 78.2 cm³/mol. The first-order valence-electron chi connectivity index (χ1n) is 5.99. The molecular formula is C15H15ClN2O. The Kier molecular flexibility index (Phi) is 4.07. The molecule has 0 spiro atoms. The third-order valence-electron chi connectivity index (χ3n) is 2.87. The van der Waals surface area contributed by atoms with E-state index >= 15 is 0 Å². The number of amides is 1. The van der Waals surface area contributed by atoms with Crippen LogP contribution < -0.4 is 11.1 Å². The molecule has 0 saturated carbocycles. The lowest BCUT2D eigenvalue weighted by molar-refractivity contribution is 0.0940. The summed E-state index contributed by atoms with van der Waals surface area (Å²) in [5, 5.41) is 3.54. The van der Waals surface area contributed by atoms with E-state index in [4.69, 9.17) is 17.3 Å². The smallest absolute Gasteiger partial charge is 0.251 e. The number of nitrogen functional groups attached to an aromatic ring is 1. The van der Waals surface area contributed by atoms with Crippen LogP contribution in [0.4, 0.5) is 5.69 Å². The molecule has 1 amide bonds. The van der Waals surface area contributed by atoms with Crippen molar-refractivity contribution in [3.8, 4) is 0 Å². The lowest BCUT2D eigenvalue weighted by Gasteiger charge is -2.15. The third kappa shape index (κ3) is 3.26. The van der Waals surface area contributed by atoms with Gasteiger partial charge in [0.2, 0.25) is 0 Å². The molecule has 2 aromatic carbocycles. The molecule has 0 aliphatic carbocycles. The van der Waals surface area contributed by atoms with Gasteiger partial charge in [-0.15, -0.1) is 0 Å². The Morgan fingerprint density at radius 3 is 2.63 bits per heavy atom. The van der Waals surface area contributed by atoms with E-state index in [1.165, 1.54) is 0 Å². The summed E-state index contributed by atoms with van der Waals surface area (Å²) in [6, 6.07) is 14.2. The second-order valence-electron chi connectivity index (χ2n) is 4.34. The molecular weight excluding hydrogens is 260 g/mol. The van der Waals surface area contributed by atoms with E-state index in [0.717, 1.165) is 5.56 Å². The summed E-state index contributed by atoms with van der Waals surface area (Å²) in [7, 11) is 0. The number of nitrogens with two attached hydrogens (primary N) is 1. The molecule has 0 saturated heterocycles. The largest absolute Gasteiger partial charge is 0.399 e. The van der Waals surface area contributed by atoms with Crippen LogP contribution >= 0.6 is 11.6 Å². The Balaban J connectivity index is 2.13. The molecule has 3 N–H and O–H groups in total. The normalized spacial score (nSPS) is 11.9. The van der Waals surface area contributed by atoms with Crippen LogP contribution in [0.5, 0.6) is 0 Å². The van der Waals surface area contributed by atoms with Gasteiger partial charge in [-0.25, -0.2) is 0 Å². The maximum absolute atomic E-state index is 12.1.